The average molecular weight is 487 g/mol. The molecule has 1 aromatic carbocycles. The Bertz CT molecular complexity index is 550. The zero-order valence-electron chi connectivity index (χ0n) is 16.4. The first-order valence-corrected chi connectivity index (χ1v) is 10.0. The number of nitrogens with one attached hydrogen (secondary N) is 1. The van der Waals surface area contributed by atoms with Crippen molar-refractivity contribution in [3.8, 4) is 0 Å². The molecule has 2 fully saturated rings. The summed E-state index contributed by atoms with van der Waals surface area (Å²) in [4.78, 5) is 6.87. The molecule has 0 spiro atoms. The highest BCUT2D eigenvalue weighted by Crippen LogP contribution is 2.20. The van der Waals surface area contributed by atoms with Crippen LogP contribution in [0, 0.1) is 5.92 Å². The second kappa shape index (κ2) is 12.6. The van der Waals surface area contributed by atoms with Crippen molar-refractivity contribution in [2.24, 2.45) is 10.9 Å². The maximum absolute atomic E-state index is 5.93. The van der Waals surface area contributed by atoms with E-state index in [-0.39, 0.29) is 24.0 Å². The molecule has 2 heterocycles. The lowest BCUT2D eigenvalue weighted by Crippen LogP contribution is -2.40. The zero-order chi connectivity index (χ0) is 18.0. The van der Waals surface area contributed by atoms with Gasteiger partial charge in [0.05, 0.1) is 6.10 Å². The van der Waals surface area contributed by atoms with E-state index in [0.29, 0.717) is 12.0 Å². The van der Waals surface area contributed by atoms with Crippen LogP contribution in [0.3, 0.4) is 0 Å². The molecule has 1 aromatic rings. The number of guanidine groups is 1. The van der Waals surface area contributed by atoms with Gasteiger partial charge in [-0.3, -0.25) is 4.99 Å². The third-order valence-electron chi connectivity index (χ3n) is 5.29. The van der Waals surface area contributed by atoms with Crippen LogP contribution in [0.15, 0.2) is 35.3 Å². The predicted molar refractivity (Wildman–Crippen MR) is 121 cm³/mol. The molecule has 2 aliphatic rings. The summed E-state index contributed by atoms with van der Waals surface area (Å²) in [5, 5.41) is 3.50. The van der Waals surface area contributed by atoms with Crippen LogP contribution in [0.2, 0.25) is 0 Å². The zero-order valence-corrected chi connectivity index (χ0v) is 18.8. The van der Waals surface area contributed by atoms with Crippen molar-refractivity contribution in [2.45, 2.75) is 38.2 Å². The molecule has 5 nitrogen and oxygen atoms in total. The van der Waals surface area contributed by atoms with Crippen LogP contribution in [0.4, 0.5) is 0 Å². The first-order valence-electron chi connectivity index (χ1n) is 10.0. The Kier molecular flexibility index (Phi) is 10.4. The largest absolute Gasteiger partial charge is 0.381 e. The molecular weight excluding hydrogens is 453 g/mol. The molecule has 0 saturated carbocycles. The van der Waals surface area contributed by atoms with E-state index in [1.54, 1.807) is 0 Å². The lowest BCUT2D eigenvalue weighted by Gasteiger charge is -2.23. The summed E-state index contributed by atoms with van der Waals surface area (Å²) in [7, 11) is 1.88. The molecule has 1 atom stereocenters. The monoisotopic (exact) mass is 487 g/mol. The van der Waals surface area contributed by atoms with E-state index in [1.165, 1.54) is 12.0 Å². The van der Waals surface area contributed by atoms with Gasteiger partial charge in [0.1, 0.15) is 0 Å². The lowest BCUT2D eigenvalue weighted by molar-refractivity contribution is -0.0320. The summed E-state index contributed by atoms with van der Waals surface area (Å²) in [6, 6.07) is 10.8. The minimum atomic E-state index is 0. The van der Waals surface area contributed by atoms with E-state index in [1.807, 2.05) is 7.05 Å². The number of hydrogen-bond acceptors (Lipinski definition) is 3. The Morgan fingerprint density at radius 1 is 1.22 bits per heavy atom. The second-order valence-corrected chi connectivity index (χ2v) is 7.30. The van der Waals surface area contributed by atoms with Gasteiger partial charge >= 0.3 is 0 Å². The van der Waals surface area contributed by atoms with Crippen molar-refractivity contribution < 1.29 is 9.47 Å². The highest BCUT2D eigenvalue weighted by Gasteiger charge is 2.24. The van der Waals surface area contributed by atoms with Gasteiger partial charge in [-0.15, -0.1) is 24.0 Å². The van der Waals surface area contributed by atoms with E-state index >= 15 is 0 Å². The molecule has 152 valence electrons. The van der Waals surface area contributed by atoms with Crippen molar-refractivity contribution >= 4 is 29.9 Å². The van der Waals surface area contributed by atoms with E-state index in [2.05, 4.69) is 45.5 Å². The van der Waals surface area contributed by atoms with Crippen molar-refractivity contribution in [1.82, 2.24) is 10.2 Å². The molecular formula is C21H34IN3O2. The molecule has 0 radical (unpaired) electrons. The van der Waals surface area contributed by atoms with Crippen molar-refractivity contribution in [3.63, 3.8) is 0 Å². The molecule has 0 amide bonds. The first-order chi connectivity index (χ1) is 12.8. The van der Waals surface area contributed by atoms with Gasteiger partial charge in [-0.2, -0.15) is 0 Å². The van der Waals surface area contributed by atoms with Gasteiger partial charge < -0.3 is 19.7 Å². The van der Waals surface area contributed by atoms with Crippen LogP contribution in [0.5, 0.6) is 0 Å². The number of ether oxygens (including phenoxy) is 2. The topological polar surface area (TPSA) is 46.1 Å². The summed E-state index contributed by atoms with van der Waals surface area (Å²) >= 11 is 0. The van der Waals surface area contributed by atoms with Crippen LogP contribution >= 0.6 is 24.0 Å². The highest BCUT2D eigenvalue weighted by atomic mass is 127. The van der Waals surface area contributed by atoms with Crippen LogP contribution in [-0.2, 0) is 15.9 Å². The van der Waals surface area contributed by atoms with Crippen LogP contribution < -0.4 is 5.32 Å². The average Bonchev–Trinajstić information content (AvgIpc) is 3.14. The standard InChI is InChI=1S/C21H33N3O2.HI/c1-22-21(23-11-5-13-26-20-9-14-25-15-10-20)24-12-8-19(17-24)16-18-6-3-2-4-7-18;/h2-4,6-7,19-20H,5,8-17H2,1H3,(H,22,23);1H. The quantitative estimate of drug-likeness (QED) is 0.278. The van der Waals surface area contributed by atoms with Gasteiger partial charge in [0.15, 0.2) is 5.96 Å². The summed E-state index contributed by atoms with van der Waals surface area (Å²) in [5.74, 6) is 1.75. The normalized spacial score (nSPS) is 21.1. The molecule has 1 N–H and O–H groups in total. The van der Waals surface area contributed by atoms with Crippen LogP contribution in [0.1, 0.15) is 31.2 Å². The Morgan fingerprint density at radius 3 is 2.74 bits per heavy atom. The van der Waals surface area contributed by atoms with Gasteiger partial charge in [-0.25, -0.2) is 0 Å². The minimum Gasteiger partial charge on any atom is -0.381 e. The number of likely N-dealkylation sites (tertiary alicyclic amines) is 1. The number of hydrogen-bond donors (Lipinski definition) is 1. The maximum Gasteiger partial charge on any atom is 0.193 e. The van der Waals surface area contributed by atoms with Gasteiger partial charge in [-0.05, 0) is 43.6 Å². The maximum atomic E-state index is 5.93. The van der Waals surface area contributed by atoms with Crippen molar-refractivity contribution in [2.75, 3.05) is 46.5 Å². The molecule has 1 unspecified atom stereocenters. The number of halogens is 1. The van der Waals surface area contributed by atoms with Crippen LogP contribution in [0.25, 0.3) is 0 Å². The third kappa shape index (κ3) is 7.58. The lowest BCUT2D eigenvalue weighted by atomic mass is 9.99. The molecule has 0 aliphatic carbocycles. The number of benzene rings is 1. The Hall–Kier alpha value is -0.860. The SMILES string of the molecule is CN=C(NCCCOC1CCOCC1)N1CCC(Cc2ccccc2)C1.I. The second-order valence-electron chi connectivity index (χ2n) is 7.30. The third-order valence-corrected chi connectivity index (χ3v) is 5.29. The fourth-order valence-electron chi connectivity index (χ4n) is 3.84. The number of nitrogens with zero attached hydrogens (tertiary/aromatic N) is 2. The number of rotatable bonds is 7. The first kappa shape index (κ1) is 22.4. The molecule has 2 aliphatic heterocycles. The fourth-order valence-corrected chi connectivity index (χ4v) is 3.84. The van der Waals surface area contributed by atoms with Gasteiger partial charge in [0.2, 0.25) is 0 Å². The molecule has 2 saturated heterocycles. The summed E-state index contributed by atoms with van der Waals surface area (Å²) in [6.07, 6.45) is 5.87. The summed E-state index contributed by atoms with van der Waals surface area (Å²) in [5.41, 5.74) is 1.44. The van der Waals surface area contributed by atoms with E-state index in [0.717, 1.165) is 71.1 Å². The van der Waals surface area contributed by atoms with E-state index in [9.17, 15) is 0 Å². The smallest absolute Gasteiger partial charge is 0.193 e. The molecule has 27 heavy (non-hydrogen) atoms. The van der Waals surface area contributed by atoms with Gasteiger partial charge in [-0.1, -0.05) is 30.3 Å². The van der Waals surface area contributed by atoms with Crippen LogP contribution in [-0.4, -0.2) is 63.5 Å². The van der Waals surface area contributed by atoms with Gasteiger partial charge in [0, 0.05) is 46.5 Å². The molecule has 3 rings (SSSR count). The molecule has 6 heteroatoms. The fraction of sp³-hybridized carbons (Fsp3) is 0.667. The molecule has 0 aromatic heterocycles. The number of aliphatic imine (C=N–C) groups is 1. The van der Waals surface area contributed by atoms with Gasteiger partial charge in [0.25, 0.3) is 0 Å². The summed E-state index contributed by atoms with van der Waals surface area (Å²) < 4.78 is 11.3. The minimum absolute atomic E-state index is 0. The van der Waals surface area contributed by atoms with Crippen molar-refractivity contribution in [1.29, 1.82) is 0 Å². The van der Waals surface area contributed by atoms with E-state index < -0.39 is 0 Å². The Balaban J connectivity index is 0.00000261. The Morgan fingerprint density at radius 2 is 2.00 bits per heavy atom. The predicted octanol–water partition coefficient (Wildman–Crippen LogP) is 3.33. The van der Waals surface area contributed by atoms with Crippen molar-refractivity contribution in [3.05, 3.63) is 35.9 Å². The molecule has 0 bridgehead atoms. The summed E-state index contributed by atoms with van der Waals surface area (Å²) in [6.45, 7) is 5.59. The highest BCUT2D eigenvalue weighted by molar-refractivity contribution is 14.0. The van der Waals surface area contributed by atoms with E-state index in [4.69, 9.17) is 9.47 Å². The Labute approximate surface area is 180 Å².